The van der Waals surface area contributed by atoms with E-state index in [4.69, 9.17) is 10.0 Å². The average molecular weight is 193 g/mol. The molecule has 4 nitrogen and oxygen atoms in total. The Morgan fingerprint density at radius 2 is 2.21 bits per heavy atom. The third kappa shape index (κ3) is 2.65. The summed E-state index contributed by atoms with van der Waals surface area (Å²) in [6.45, 7) is 1.92. The third-order valence-electron chi connectivity index (χ3n) is 1.85. The lowest BCUT2D eigenvalue weighted by Gasteiger charge is -2.00. The van der Waals surface area contributed by atoms with Gasteiger partial charge in [-0.15, -0.1) is 0 Å². The van der Waals surface area contributed by atoms with Crippen LogP contribution in [0.3, 0.4) is 0 Å². The van der Waals surface area contributed by atoms with Crippen LogP contribution < -0.4 is 5.46 Å². The van der Waals surface area contributed by atoms with Crippen LogP contribution in [0.4, 0.5) is 0 Å². The van der Waals surface area contributed by atoms with Gasteiger partial charge >= 0.3 is 7.12 Å². The topological polar surface area (TPSA) is 70.4 Å². The number of rotatable bonds is 4. The Morgan fingerprint density at radius 1 is 1.50 bits per heavy atom. The third-order valence-corrected chi connectivity index (χ3v) is 1.85. The molecular weight excluding hydrogens is 181 g/mol. The maximum absolute atomic E-state index is 11.3. The van der Waals surface area contributed by atoms with E-state index in [0.29, 0.717) is 12.1 Å². The van der Waals surface area contributed by atoms with Crippen molar-refractivity contribution in [2.45, 2.75) is 19.8 Å². The Morgan fingerprint density at radius 3 is 2.64 bits per heavy atom. The fourth-order valence-corrected chi connectivity index (χ4v) is 1.08. The number of nitrogens with zero attached hydrogens (tertiary/aromatic N) is 1. The molecule has 0 aliphatic heterocycles. The summed E-state index contributed by atoms with van der Waals surface area (Å²) in [4.78, 5) is 15.2. The molecule has 0 aromatic carbocycles. The molecule has 5 heteroatoms. The fourth-order valence-electron chi connectivity index (χ4n) is 1.08. The number of hydrogen-bond acceptors (Lipinski definition) is 4. The fraction of sp³-hybridized carbons (Fsp3) is 0.333. The van der Waals surface area contributed by atoms with E-state index in [0.717, 1.165) is 6.42 Å². The minimum Gasteiger partial charge on any atom is -0.423 e. The average Bonchev–Trinajstić information content (AvgIpc) is 2.18. The van der Waals surface area contributed by atoms with Crippen LogP contribution in [0.5, 0.6) is 0 Å². The van der Waals surface area contributed by atoms with Gasteiger partial charge in [0.2, 0.25) is 0 Å². The smallest absolute Gasteiger partial charge is 0.423 e. The first-order valence-electron chi connectivity index (χ1n) is 4.50. The molecule has 1 heterocycles. The Hall–Kier alpha value is -1.20. The van der Waals surface area contributed by atoms with Crippen LogP contribution in [0.1, 0.15) is 30.3 Å². The van der Waals surface area contributed by atoms with Gasteiger partial charge in [0.1, 0.15) is 5.69 Å². The van der Waals surface area contributed by atoms with Crippen LogP contribution in [0.15, 0.2) is 18.3 Å². The minimum atomic E-state index is -1.53. The molecule has 0 saturated carbocycles. The lowest BCUT2D eigenvalue weighted by atomic mass is 9.81. The maximum Gasteiger partial charge on any atom is 0.490 e. The second-order valence-corrected chi connectivity index (χ2v) is 3.02. The molecule has 1 rings (SSSR count). The highest BCUT2D eigenvalue weighted by molar-refractivity contribution is 6.58. The van der Waals surface area contributed by atoms with Crippen molar-refractivity contribution < 1.29 is 14.8 Å². The molecule has 74 valence electrons. The van der Waals surface area contributed by atoms with Gasteiger partial charge in [0.05, 0.1) is 0 Å². The lowest BCUT2D eigenvalue weighted by Crippen LogP contribution is -2.30. The molecule has 0 aliphatic rings. The van der Waals surface area contributed by atoms with E-state index in [1.165, 1.54) is 18.3 Å². The molecule has 0 radical (unpaired) electrons. The molecule has 0 unspecified atom stereocenters. The van der Waals surface area contributed by atoms with Crippen LogP contribution in [0.2, 0.25) is 0 Å². The summed E-state index contributed by atoms with van der Waals surface area (Å²) in [5.74, 6) is -0.0218. The van der Waals surface area contributed by atoms with E-state index in [1.807, 2.05) is 6.92 Å². The number of hydrogen-bond donors (Lipinski definition) is 2. The number of carbonyl (C=O) groups excluding carboxylic acids is 1. The Bertz CT molecular complexity index is 310. The SMILES string of the molecule is CCCC(=O)c1ccc(B(O)O)cn1. The molecule has 0 atom stereocenters. The first kappa shape index (κ1) is 10.9. The zero-order valence-electron chi connectivity index (χ0n) is 7.97. The number of Topliss-reactive ketones (excluding diaryl/α,β-unsaturated/α-hetero) is 1. The van der Waals surface area contributed by atoms with Gasteiger partial charge in [-0.1, -0.05) is 13.0 Å². The van der Waals surface area contributed by atoms with Gasteiger partial charge in [0.15, 0.2) is 5.78 Å². The first-order chi connectivity index (χ1) is 6.65. The summed E-state index contributed by atoms with van der Waals surface area (Å²) < 4.78 is 0. The van der Waals surface area contributed by atoms with Gasteiger partial charge in [-0.2, -0.15) is 0 Å². The number of carbonyl (C=O) groups is 1. The van der Waals surface area contributed by atoms with Gasteiger partial charge in [-0.25, -0.2) is 0 Å². The summed E-state index contributed by atoms with van der Waals surface area (Å²) in [5.41, 5.74) is 0.661. The minimum absolute atomic E-state index is 0.0218. The second kappa shape index (κ2) is 4.88. The largest absolute Gasteiger partial charge is 0.490 e. The molecule has 1 aromatic rings. The molecule has 2 N–H and O–H groups in total. The Kier molecular flexibility index (Phi) is 3.79. The molecule has 1 aromatic heterocycles. The van der Waals surface area contributed by atoms with Gasteiger partial charge in [0, 0.05) is 18.1 Å². The Labute approximate surface area is 82.8 Å². The van der Waals surface area contributed by atoms with Gasteiger partial charge in [0.25, 0.3) is 0 Å². The zero-order chi connectivity index (χ0) is 10.6. The monoisotopic (exact) mass is 193 g/mol. The quantitative estimate of drug-likeness (QED) is 0.510. The van der Waals surface area contributed by atoms with Crippen molar-refractivity contribution in [1.29, 1.82) is 0 Å². The number of ketones is 1. The summed E-state index contributed by atoms with van der Waals surface area (Å²) in [5, 5.41) is 17.6. The van der Waals surface area contributed by atoms with Crippen molar-refractivity contribution in [1.82, 2.24) is 4.98 Å². The summed E-state index contributed by atoms with van der Waals surface area (Å²) in [6.07, 6.45) is 2.55. The van der Waals surface area contributed by atoms with Crippen LogP contribution >= 0.6 is 0 Å². The van der Waals surface area contributed by atoms with Gasteiger partial charge < -0.3 is 10.0 Å². The van der Waals surface area contributed by atoms with Crippen LogP contribution in [0, 0.1) is 0 Å². The molecular formula is C9H12BNO3. The number of aromatic nitrogens is 1. The van der Waals surface area contributed by atoms with Crippen molar-refractivity contribution >= 4 is 18.4 Å². The predicted molar refractivity (Wildman–Crippen MR) is 53.3 cm³/mol. The Balaban J connectivity index is 2.78. The van der Waals surface area contributed by atoms with Crippen molar-refractivity contribution in [3.63, 3.8) is 0 Å². The summed E-state index contributed by atoms with van der Waals surface area (Å²) in [7, 11) is -1.53. The van der Waals surface area contributed by atoms with Crippen LogP contribution in [-0.2, 0) is 0 Å². The molecule has 0 bridgehead atoms. The van der Waals surface area contributed by atoms with E-state index in [9.17, 15) is 4.79 Å². The molecule has 0 saturated heterocycles. The van der Waals surface area contributed by atoms with Crippen molar-refractivity contribution in [3.05, 3.63) is 24.0 Å². The molecule has 0 fully saturated rings. The van der Waals surface area contributed by atoms with E-state index in [-0.39, 0.29) is 11.2 Å². The molecule has 0 amide bonds. The van der Waals surface area contributed by atoms with Crippen molar-refractivity contribution in [2.75, 3.05) is 0 Å². The van der Waals surface area contributed by atoms with Crippen LogP contribution in [-0.4, -0.2) is 27.9 Å². The van der Waals surface area contributed by atoms with Gasteiger partial charge in [-0.05, 0) is 12.5 Å². The summed E-state index contributed by atoms with van der Waals surface area (Å²) in [6, 6.07) is 2.99. The molecule has 14 heavy (non-hydrogen) atoms. The number of pyridine rings is 1. The van der Waals surface area contributed by atoms with Crippen molar-refractivity contribution in [2.24, 2.45) is 0 Å². The van der Waals surface area contributed by atoms with E-state index in [2.05, 4.69) is 4.98 Å². The standard InChI is InChI=1S/C9H12BNO3/c1-2-3-9(12)8-5-4-7(6-11-8)10(13)14/h4-6,13-14H,2-3H2,1H3. The highest BCUT2D eigenvalue weighted by Crippen LogP contribution is 2.00. The van der Waals surface area contributed by atoms with E-state index >= 15 is 0 Å². The zero-order valence-corrected chi connectivity index (χ0v) is 7.97. The predicted octanol–water partition coefficient (Wildman–Crippen LogP) is -0.256. The highest BCUT2D eigenvalue weighted by Gasteiger charge is 2.12. The lowest BCUT2D eigenvalue weighted by molar-refractivity contribution is 0.0977. The van der Waals surface area contributed by atoms with Crippen molar-refractivity contribution in [3.8, 4) is 0 Å². The van der Waals surface area contributed by atoms with E-state index < -0.39 is 7.12 Å². The van der Waals surface area contributed by atoms with Crippen LogP contribution in [0.25, 0.3) is 0 Å². The van der Waals surface area contributed by atoms with Gasteiger partial charge in [-0.3, -0.25) is 9.78 Å². The van der Waals surface area contributed by atoms with E-state index in [1.54, 1.807) is 0 Å². The molecule has 0 spiro atoms. The normalized spacial score (nSPS) is 9.93. The summed E-state index contributed by atoms with van der Waals surface area (Å²) >= 11 is 0. The highest BCUT2D eigenvalue weighted by atomic mass is 16.4. The molecule has 0 aliphatic carbocycles. The maximum atomic E-state index is 11.3. The second-order valence-electron chi connectivity index (χ2n) is 3.02. The first-order valence-corrected chi connectivity index (χ1v) is 4.50.